The lowest BCUT2D eigenvalue weighted by Gasteiger charge is -2.28. The number of nitrogens with one attached hydrogen (secondary N) is 20. The summed E-state index contributed by atoms with van der Waals surface area (Å²) in [4.78, 5) is 291. The van der Waals surface area contributed by atoms with E-state index < -0.39 is 246 Å². The summed E-state index contributed by atoms with van der Waals surface area (Å²) in [6.07, 6.45) is 5.39. The van der Waals surface area contributed by atoms with E-state index in [4.69, 9.17) is 51.6 Å². The number of benzene rings is 1. The third kappa shape index (κ3) is 56.8. The molecule has 0 bridgehead atoms. The number of carbonyl (C=O) groups is 21. The van der Waals surface area contributed by atoms with Crippen LogP contribution in [0.15, 0.2) is 30.3 Å². The van der Waals surface area contributed by atoms with Gasteiger partial charge in [0.15, 0.2) is 0 Å². The first-order chi connectivity index (χ1) is 70.4. The molecule has 0 aromatic heterocycles. The van der Waals surface area contributed by atoms with Gasteiger partial charge in [-0.25, -0.2) is 0 Å². The van der Waals surface area contributed by atoms with Gasteiger partial charge in [-0.15, -0.1) is 0 Å². The molecule has 0 aliphatic heterocycles. The Morgan fingerprint density at radius 1 is 0.208 bits per heavy atom. The molecular formula is C99H179N29O21. The van der Waals surface area contributed by atoms with E-state index in [0.29, 0.717) is 95.5 Å². The Bertz CT molecular complexity index is 4370. The number of nitrogens with two attached hydrogens (primary N) is 9. The maximum Gasteiger partial charge on any atom is 0.243 e. The second-order valence-corrected chi connectivity index (χ2v) is 39.5. The molecule has 0 aliphatic carbocycles. The van der Waals surface area contributed by atoms with Gasteiger partial charge in [0.1, 0.15) is 109 Å². The Hall–Kier alpha value is -12.2. The molecule has 50 nitrogen and oxygen atoms in total. The van der Waals surface area contributed by atoms with Crippen LogP contribution in [-0.4, -0.2) is 298 Å². The van der Waals surface area contributed by atoms with Crippen LogP contribution in [0.5, 0.6) is 0 Å². The second-order valence-electron chi connectivity index (χ2n) is 39.5. The van der Waals surface area contributed by atoms with E-state index in [9.17, 15) is 101 Å². The van der Waals surface area contributed by atoms with Gasteiger partial charge >= 0.3 is 0 Å². The van der Waals surface area contributed by atoms with Crippen LogP contribution >= 0.6 is 0 Å². The minimum Gasteiger partial charge on any atom is -0.368 e. The van der Waals surface area contributed by atoms with Crippen LogP contribution in [0.4, 0.5) is 0 Å². The molecule has 0 aliphatic rings. The van der Waals surface area contributed by atoms with Crippen molar-refractivity contribution < 1.29 is 101 Å². The smallest absolute Gasteiger partial charge is 0.243 e. The first-order valence-electron chi connectivity index (χ1n) is 52.4. The first-order valence-corrected chi connectivity index (χ1v) is 52.4. The molecule has 18 atom stereocenters. The number of rotatable bonds is 79. The van der Waals surface area contributed by atoms with Crippen LogP contribution in [0.2, 0.25) is 0 Å². The van der Waals surface area contributed by atoms with E-state index in [2.05, 4.69) is 106 Å². The lowest BCUT2D eigenvalue weighted by Crippen LogP contribution is -2.60. The number of carbonyl (C=O) groups excluding carboxylic acids is 21. The van der Waals surface area contributed by atoms with Crippen molar-refractivity contribution in [3.8, 4) is 0 Å². The van der Waals surface area contributed by atoms with Crippen molar-refractivity contribution in [2.45, 2.75) is 373 Å². The zero-order chi connectivity index (χ0) is 113. The number of unbranched alkanes of at least 4 members (excludes halogenated alkanes) is 7. The van der Waals surface area contributed by atoms with Crippen molar-refractivity contribution in [2.24, 2.45) is 75.3 Å². The zero-order valence-electron chi connectivity index (χ0n) is 89.8. The highest BCUT2D eigenvalue weighted by Gasteiger charge is 2.39. The van der Waals surface area contributed by atoms with Crippen LogP contribution in [0.1, 0.15) is 263 Å². The summed E-state index contributed by atoms with van der Waals surface area (Å²) in [6, 6.07) is -14.5. The molecule has 0 saturated carbocycles. The summed E-state index contributed by atoms with van der Waals surface area (Å²) in [7, 11) is 0. The topological polar surface area (TPSA) is 833 Å². The van der Waals surface area contributed by atoms with Crippen LogP contribution < -0.4 is 158 Å². The van der Waals surface area contributed by atoms with Gasteiger partial charge in [0.25, 0.3) is 0 Å². The Balaban J connectivity index is 3.49. The highest BCUT2D eigenvalue weighted by molar-refractivity contribution is 6.02. The minimum absolute atomic E-state index is 0.000137. The Morgan fingerprint density at radius 3 is 0.671 bits per heavy atom. The molecular weight excluding hydrogens is 1930 g/mol. The second kappa shape index (κ2) is 75.5. The van der Waals surface area contributed by atoms with Gasteiger partial charge in [-0.1, -0.05) is 85.7 Å². The lowest BCUT2D eigenvalue weighted by atomic mass is 9.99. The van der Waals surface area contributed by atoms with Crippen molar-refractivity contribution in [2.75, 3.05) is 65.4 Å². The van der Waals surface area contributed by atoms with Gasteiger partial charge in [-0.3, -0.25) is 101 Å². The van der Waals surface area contributed by atoms with Gasteiger partial charge in [-0.2, -0.15) is 0 Å². The zero-order valence-corrected chi connectivity index (χ0v) is 89.8. The lowest BCUT2D eigenvalue weighted by molar-refractivity contribution is -0.136. The van der Waals surface area contributed by atoms with Gasteiger partial charge in [-0.05, 0) is 277 Å². The predicted octanol–water partition coefficient (Wildman–Crippen LogP) is -6.16. The summed E-state index contributed by atoms with van der Waals surface area (Å²) < 4.78 is 0. The molecule has 0 saturated heterocycles. The quantitative estimate of drug-likeness (QED) is 0.0270. The average Bonchev–Trinajstić information content (AvgIpc) is 0.852. The van der Waals surface area contributed by atoms with E-state index in [1.165, 1.54) is 41.5 Å². The summed E-state index contributed by atoms with van der Waals surface area (Å²) >= 11 is 0. The Labute approximate surface area is 876 Å². The van der Waals surface area contributed by atoms with E-state index in [0.717, 1.165) is 0 Å². The van der Waals surface area contributed by atoms with Crippen molar-refractivity contribution in [1.29, 1.82) is 0 Å². The molecule has 1 aromatic carbocycles. The molecule has 0 unspecified atom stereocenters. The summed E-state index contributed by atoms with van der Waals surface area (Å²) in [5.41, 5.74) is 52.3. The molecule has 1 rings (SSSR count). The molecule has 0 fully saturated rings. The van der Waals surface area contributed by atoms with Crippen molar-refractivity contribution in [1.82, 2.24) is 106 Å². The molecule has 38 N–H and O–H groups in total. The normalized spacial score (nSPS) is 14.9. The van der Waals surface area contributed by atoms with E-state index in [-0.39, 0.29) is 153 Å². The number of amides is 21. The number of primary amides is 1. The largest absolute Gasteiger partial charge is 0.368 e. The molecule has 0 heterocycles. The third-order valence-electron chi connectivity index (χ3n) is 24.0. The fourth-order valence-electron chi connectivity index (χ4n) is 15.4. The van der Waals surface area contributed by atoms with Gasteiger partial charge < -0.3 is 158 Å². The summed E-state index contributed by atoms with van der Waals surface area (Å²) in [6.45, 7) is 22.3. The fourth-order valence-corrected chi connectivity index (χ4v) is 15.4. The van der Waals surface area contributed by atoms with Crippen LogP contribution in [0, 0.1) is 23.7 Å². The Morgan fingerprint density at radius 2 is 0.403 bits per heavy atom. The SMILES string of the molecule is CC(C)C[C@H](NC(=O)[C@H](C)NC(=O)[C@H](C)NC(=O)[C@H](CCCCN)NC(=O)[C@H](C)NC(=O)[C@H](CC(C)C)NC(=O)[C@H](CCCCN)NC(=O)[C@H](CCCCN)NC(=O)CNC(=O)[C@H](C)NC(=O)[C@H](CCCCN)NC(=O)[C@H](CC(C)C)NC(=O)[C@H](C)NC(=O)[C@H](CCCCN)NC(=O)[C@H](CCCCN)NC(=O)[C@H](CC(C)C)NC(=O)[C@H](Cc1ccccc1)NC(=O)[C@H](CCCCN)NC(=O)CNC(=O)[C@H](C)NC(=O)CN)C(N)=O. The monoisotopic (exact) mass is 2110 g/mol. The molecule has 1 aromatic rings. The molecule has 21 amide bonds. The molecule has 846 valence electrons. The summed E-state index contributed by atoms with van der Waals surface area (Å²) in [5, 5.41) is 52.3. The maximum atomic E-state index is 14.7. The van der Waals surface area contributed by atoms with E-state index >= 15 is 0 Å². The van der Waals surface area contributed by atoms with Gasteiger partial charge in [0.2, 0.25) is 124 Å². The maximum absolute atomic E-state index is 14.7. The molecule has 0 spiro atoms. The minimum atomic E-state index is -1.40. The van der Waals surface area contributed by atoms with Gasteiger partial charge in [0.05, 0.1) is 19.6 Å². The fraction of sp³-hybridized carbons (Fsp3) is 0.727. The first kappa shape index (κ1) is 135. The predicted molar refractivity (Wildman–Crippen MR) is 561 cm³/mol. The Kier molecular flexibility index (Phi) is 68.3. The van der Waals surface area contributed by atoms with Crippen LogP contribution in [0.3, 0.4) is 0 Å². The molecule has 0 radical (unpaired) electrons. The van der Waals surface area contributed by atoms with Crippen LogP contribution in [-0.2, 0) is 107 Å². The van der Waals surface area contributed by atoms with Crippen LogP contribution in [0.25, 0.3) is 0 Å². The highest BCUT2D eigenvalue weighted by atomic mass is 16.2. The number of hydrogen-bond donors (Lipinski definition) is 29. The van der Waals surface area contributed by atoms with E-state index in [1.54, 1.807) is 71.9 Å². The third-order valence-corrected chi connectivity index (χ3v) is 24.0. The van der Waals surface area contributed by atoms with Gasteiger partial charge in [0, 0.05) is 6.42 Å². The van der Waals surface area contributed by atoms with Crippen molar-refractivity contribution in [3.05, 3.63) is 35.9 Å². The summed E-state index contributed by atoms with van der Waals surface area (Å²) in [5.74, 6) is -17.5. The highest BCUT2D eigenvalue weighted by Crippen LogP contribution is 2.18. The van der Waals surface area contributed by atoms with Crippen molar-refractivity contribution >= 4 is 124 Å². The van der Waals surface area contributed by atoms with E-state index in [1.807, 2.05) is 13.8 Å². The average molecular weight is 2110 g/mol. The molecule has 149 heavy (non-hydrogen) atoms. The standard InChI is InChI=1S/C99H179N29O21/c1-56(2)48-74(82(108)132)124-87(137)63(12)112-85(135)62(11)114-89(139)69(36-20-27-43-102)119-86(136)64(13)116-96(146)75(49-57(3)4)126-95(145)73(40-24-31-47-106)121-92(142)67(34-18-25-41-100)117-81(131)55-110-84(134)61(10)113-90(140)71(38-22-29-45-104)122-97(147)76(50-58(5)6)125-88(138)65(14)115-91(141)70(37-21-28-44-103)120-94(144)72(39-23-30-46-105)123-98(148)77(51-59(7)8)127-99(149)78(52-66-32-16-15-17-33-66)128-93(143)68(35-19-26-42-101)118-80(130)54-109-83(133)60(9)111-79(129)53-107/h15-17,32-33,56-65,67-78H,18-31,34-55,100-107H2,1-14H3,(H2,108,132)(H,109,133)(H,110,134)(H,111,129)(H,112,135)(H,113,140)(H,114,139)(H,115,141)(H,116,146)(H,117,131)(H,118,130)(H,119,136)(H,120,144)(H,121,142)(H,122,147)(H,123,148)(H,124,137)(H,125,138)(H,126,145)(H,127,149)(H,128,143)/t60-,61-,62-,63-,64-,65-,67-,68-,69-,70-,71-,72-,73-,74-,75-,76-,77-,78-/m0/s1. The van der Waals surface area contributed by atoms with Crippen molar-refractivity contribution in [3.63, 3.8) is 0 Å². The molecule has 50 heteroatoms. The number of hydrogen-bond acceptors (Lipinski definition) is 29.